The van der Waals surface area contributed by atoms with Crippen LogP contribution in [0.15, 0.2) is 15.9 Å². The van der Waals surface area contributed by atoms with Crippen LogP contribution in [0.25, 0.3) is 0 Å². The van der Waals surface area contributed by atoms with Gasteiger partial charge in [-0.2, -0.15) is 0 Å². The minimum Gasteiger partial charge on any atom is -0.390 e. The molecule has 0 spiro atoms. The van der Waals surface area contributed by atoms with Crippen molar-refractivity contribution in [3.05, 3.63) is 20.8 Å². The molecule has 0 aromatic carbocycles. The largest absolute Gasteiger partial charge is 0.390 e. The van der Waals surface area contributed by atoms with Crippen molar-refractivity contribution in [3.63, 3.8) is 0 Å². The summed E-state index contributed by atoms with van der Waals surface area (Å²) in [7, 11) is 0. The fourth-order valence-corrected chi connectivity index (χ4v) is 3.67. The molecule has 1 aromatic heterocycles. The molecular formula is C13H21BrO2S. The number of aliphatic hydroxyl groups excluding tert-OH is 1. The molecule has 1 heterocycles. The van der Waals surface area contributed by atoms with Crippen LogP contribution in [0, 0.1) is 0 Å². The van der Waals surface area contributed by atoms with Gasteiger partial charge >= 0.3 is 0 Å². The van der Waals surface area contributed by atoms with Gasteiger partial charge in [0, 0.05) is 17.9 Å². The summed E-state index contributed by atoms with van der Waals surface area (Å²) in [6, 6.07) is 4.08. The third kappa shape index (κ3) is 3.78. The van der Waals surface area contributed by atoms with Gasteiger partial charge in [0.25, 0.3) is 0 Å². The van der Waals surface area contributed by atoms with Crippen LogP contribution >= 0.6 is 27.3 Å². The van der Waals surface area contributed by atoms with E-state index in [0.717, 1.165) is 16.6 Å². The monoisotopic (exact) mass is 320 g/mol. The standard InChI is InChI=1S/C13H21BrO2S/c1-4-13(5-2,16-6-3)11(15)9-10-7-8-12(14)17-10/h7-8,11,15H,4-6,9H2,1-3H3. The Morgan fingerprint density at radius 1 is 1.35 bits per heavy atom. The number of hydrogen-bond acceptors (Lipinski definition) is 3. The van der Waals surface area contributed by atoms with E-state index in [1.807, 2.05) is 13.0 Å². The average molecular weight is 321 g/mol. The van der Waals surface area contributed by atoms with Crippen molar-refractivity contribution in [3.8, 4) is 0 Å². The van der Waals surface area contributed by atoms with Crippen LogP contribution in [0.2, 0.25) is 0 Å². The molecule has 17 heavy (non-hydrogen) atoms. The van der Waals surface area contributed by atoms with Crippen LogP contribution in [0.5, 0.6) is 0 Å². The summed E-state index contributed by atoms with van der Waals surface area (Å²) < 4.78 is 6.92. The van der Waals surface area contributed by atoms with Crippen molar-refractivity contribution in [1.82, 2.24) is 0 Å². The van der Waals surface area contributed by atoms with Gasteiger partial charge in [-0.1, -0.05) is 13.8 Å². The minimum absolute atomic E-state index is 0.398. The summed E-state index contributed by atoms with van der Waals surface area (Å²) in [4.78, 5) is 1.19. The summed E-state index contributed by atoms with van der Waals surface area (Å²) in [5.74, 6) is 0. The molecule has 0 saturated heterocycles. The number of ether oxygens (including phenoxy) is 1. The minimum atomic E-state index is -0.442. The van der Waals surface area contributed by atoms with Crippen molar-refractivity contribution in [2.45, 2.75) is 51.7 Å². The van der Waals surface area contributed by atoms with Crippen molar-refractivity contribution in [2.24, 2.45) is 0 Å². The van der Waals surface area contributed by atoms with E-state index in [1.54, 1.807) is 11.3 Å². The molecule has 1 atom stereocenters. The molecule has 1 rings (SSSR count). The topological polar surface area (TPSA) is 29.5 Å². The average Bonchev–Trinajstić information content (AvgIpc) is 2.71. The Labute approximate surface area is 116 Å². The lowest BCUT2D eigenvalue weighted by Crippen LogP contribution is -2.45. The first-order valence-corrected chi connectivity index (χ1v) is 7.75. The van der Waals surface area contributed by atoms with E-state index in [0.29, 0.717) is 13.0 Å². The van der Waals surface area contributed by atoms with Gasteiger partial charge in [0.15, 0.2) is 0 Å². The molecule has 4 heteroatoms. The highest BCUT2D eigenvalue weighted by Gasteiger charge is 2.35. The second-order valence-electron chi connectivity index (χ2n) is 4.13. The van der Waals surface area contributed by atoms with E-state index in [2.05, 4.69) is 35.8 Å². The van der Waals surface area contributed by atoms with Crippen LogP contribution in [0.1, 0.15) is 38.5 Å². The van der Waals surface area contributed by atoms with Crippen molar-refractivity contribution >= 4 is 27.3 Å². The third-order valence-corrected chi connectivity index (χ3v) is 4.91. The number of halogens is 1. The molecule has 0 aliphatic carbocycles. The van der Waals surface area contributed by atoms with Gasteiger partial charge in [0.1, 0.15) is 0 Å². The van der Waals surface area contributed by atoms with E-state index in [-0.39, 0.29) is 0 Å². The molecular weight excluding hydrogens is 300 g/mol. The van der Waals surface area contributed by atoms with Crippen molar-refractivity contribution in [1.29, 1.82) is 0 Å². The van der Waals surface area contributed by atoms with Gasteiger partial charge in [0.2, 0.25) is 0 Å². The van der Waals surface area contributed by atoms with Crippen LogP contribution in [-0.4, -0.2) is 23.4 Å². The fourth-order valence-electron chi connectivity index (χ4n) is 2.15. The van der Waals surface area contributed by atoms with E-state index >= 15 is 0 Å². The molecule has 0 bridgehead atoms. The maximum Gasteiger partial charge on any atom is 0.0938 e. The second kappa shape index (κ2) is 6.88. The highest BCUT2D eigenvalue weighted by atomic mass is 79.9. The first-order chi connectivity index (χ1) is 8.07. The molecule has 0 fully saturated rings. The zero-order chi connectivity index (χ0) is 12.9. The zero-order valence-electron chi connectivity index (χ0n) is 10.7. The van der Waals surface area contributed by atoms with Crippen LogP contribution in [-0.2, 0) is 11.2 Å². The van der Waals surface area contributed by atoms with Gasteiger partial charge in [-0.25, -0.2) is 0 Å². The van der Waals surface area contributed by atoms with Crippen molar-refractivity contribution in [2.75, 3.05) is 6.61 Å². The lowest BCUT2D eigenvalue weighted by molar-refractivity contribution is -0.124. The fraction of sp³-hybridized carbons (Fsp3) is 0.692. The number of aliphatic hydroxyl groups is 1. The van der Waals surface area contributed by atoms with Crippen LogP contribution in [0.3, 0.4) is 0 Å². The van der Waals surface area contributed by atoms with Crippen LogP contribution in [0.4, 0.5) is 0 Å². The smallest absolute Gasteiger partial charge is 0.0938 e. The highest BCUT2D eigenvalue weighted by molar-refractivity contribution is 9.11. The highest BCUT2D eigenvalue weighted by Crippen LogP contribution is 2.30. The first-order valence-electron chi connectivity index (χ1n) is 6.14. The molecule has 0 radical (unpaired) electrons. The Morgan fingerprint density at radius 2 is 2.00 bits per heavy atom. The maximum atomic E-state index is 10.4. The summed E-state index contributed by atoms with van der Waals surface area (Å²) >= 11 is 5.12. The Morgan fingerprint density at radius 3 is 2.41 bits per heavy atom. The van der Waals surface area contributed by atoms with E-state index in [1.165, 1.54) is 4.88 Å². The molecule has 1 unspecified atom stereocenters. The van der Waals surface area contributed by atoms with Gasteiger partial charge in [-0.15, -0.1) is 11.3 Å². The lowest BCUT2D eigenvalue weighted by Gasteiger charge is -2.36. The summed E-state index contributed by atoms with van der Waals surface area (Å²) in [5.41, 5.74) is -0.398. The molecule has 0 saturated carbocycles. The predicted molar refractivity (Wildman–Crippen MR) is 76.7 cm³/mol. The summed E-state index contributed by atoms with van der Waals surface area (Å²) in [6.07, 6.45) is 1.90. The second-order valence-corrected chi connectivity index (χ2v) is 6.68. The quantitative estimate of drug-likeness (QED) is 0.822. The van der Waals surface area contributed by atoms with Crippen molar-refractivity contribution < 1.29 is 9.84 Å². The molecule has 98 valence electrons. The Balaban J connectivity index is 2.74. The molecule has 0 aliphatic heterocycles. The molecule has 1 aromatic rings. The zero-order valence-corrected chi connectivity index (χ0v) is 13.1. The SMILES string of the molecule is CCOC(CC)(CC)C(O)Cc1ccc(Br)s1. The summed E-state index contributed by atoms with van der Waals surface area (Å²) in [5, 5.41) is 10.4. The number of hydrogen-bond donors (Lipinski definition) is 1. The van der Waals surface area contributed by atoms with Gasteiger partial charge < -0.3 is 9.84 Å². The lowest BCUT2D eigenvalue weighted by atomic mass is 9.88. The maximum absolute atomic E-state index is 10.4. The molecule has 0 aliphatic rings. The van der Waals surface area contributed by atoms with E-state index in [4.69, 9.17) is 4.74 Å². The van der Waals surface area contributed by atoms with Gasteiger partial charge in [0.05, 0.1) is 15.5 Å². The normalized spacial score (nSPS) is 13.9. The number of rotatable bonds is 7. The predicted octanol–water partition coefficient (Wildman–Crippen LogP) is 4.01. The van der Waals surface area contributed by atoms with Gasteiger partial charge in [-0.3, -0.25) is 0 Å². The van der Waals surface area contributed by atoms with E-state index in [9.17, 15) is 5.11 Å². The Kier molecular flexibility index (Phi) is 6.13. The third-order valence-electron chi connectivity index (χ3n) is 3.26. The Hall–Kier alpha value is 0.1000. The van der Waals surface area contributed by atoms with E-state index < -0.39 is 11.7 Å². The number of thiophene rings is 1. The molecule has 2 nitrogen and oxygen atoms in total. The Bertz CT molecular complexity index is 334. The summed E-state index contributed by atoms with van der Waals surface area (Å²) in [6.45, 7) is 6.78. The molecule has 1 N–H and O–H groups in total. The van der Waals surface area contributed by atoms with Gasteiger partial charge in [-0.05, 0) is 47.8 Å². The first kappa shape index (κ1) is 15.2. The molecule has 0 amide bonds. The van der Waals surface area contributed by atoms with Crippen LogP contribution < -0.4 is 0 Å².